The molecule has 0 aliphatic heterocycles. The van der Waals surface area contributed by atoms with E-state index in [1.807, 2.05) is 0 Å². The first kappa shape index (κ1) is 17.6. The minimum absolute atomic E-state index is 0.0708. The molecule has 3 rings (SSSR count). The maximum absolute atomic E-state index is 12.4. The largest absolute Gasteiger partial charge is 0.497 e. The number of nitrogens with one attached hydrogen (secondary N) is 2. The molecule has 5 nitrogen and oxygen atoms in total. The first-order chi connectivity index (χ1) is 12.2. The van der Waals surface area contributed by atoms with Gasteiger partial charge in [-0.1, -0.05) is 12.8 Å². The second-order valence-electron chi connectivity index (χ2n) is 6.37. The molecule has 2 amide bonds. The van der Waals surface area contributed by atoms with Crippen LogP contribution in [0.5, 0.6) is 11.5 Å². The average molecular weight is 360 g/mol. The molecule has 1 saturated carbocycles. The molecule has 0 bridgehead atoms. The highest BCUT2D eigenvalue weighted by Crippen LogP contribution is 2.41. The zero-order chi connectivity index (χ0) is 17.7. The van der Waals surface area contributed by atoms with E-state index in [1.54, 1.807) is 43.8 Å². The van der Waals surface area contributed by atoms with E-state index in [2.05, 4.69) is 27.5 Å². The van der Waals surface area contributed by atoms with Gasteiger partial charge < -0.3 is 20.1 Å². The molecule has 1 aliphatic rings. The van der Waals surface area contributed by atoms with Crippen LogP contribution in [0.4, 0.5) is 10.5 Å². The molecule has 0 spiro atoms. The van der Waals surface area contributed by atoms with E-state index in [-0.39, 0.29) is 11.4 Å². The second kappa shape index (κ2) is 7.78. The molecule has 2 aromatic rings. The molecule has 1 aliphatic carbocycles. The third-order valence-electron chi connectivity index (χ3n) is 4.94. The maximum atomic E-state index is 12.4. The van der Waals surface area contributed by atoms with Crippen LogP contribution >= 0.6 is 11.3 Å². The summed E-state index contributed by atoms with van der Waals surface area (Å²) in [7, 11) is 3.17. The van der Waals surface area contributed by atoms with Gasteiger partial charge in [-0.05, 0) is 47.4 Å². The van der Waals surface area contributed by atoms with Crippen LogP contribution in [-0.2, 0) is 5.41 Å². The summed E-state index contributed by atoms with van der Waals surface area (Å²) in [6, 6.07) is 7.29. The molecule has 1 fully saturated rings. The van der Waals surface area contributed by atoms with Gasteiger partial charge in [0.15, 0.2) is 0 Å². The second-order valence-corrected chi connectivity index (χ2v) is 7.15. The van der Waals surface area contributed by atoms with Crippen molar-refractivity contribution < 1.29 is 14.3 Å². The Kier molecular flexibility index (Phi) is 5.48. The Morgan fingerprint density at radius 2 is 2.00 bits per heavy atom. The summed E-state index contributed by atoms with van der Waals surface area (Å²) >= 11 is 1.71. The maximum Gasteiger partial charge on any atom is 0.319 e. The Morgan fingerprint density at radius 3 is 2.64 bits per heavy atom. The normalized spacial score (nSPS) is 15.6. The monoisotopic (exact) mass is 360 g/mol. The summed E-state index contributed by atoms with van der Waals surface area (Å²) in [6.45, 7) is 0.647. The van der Waals surface area contributed by atoms with Crippen molar-refractivity contribution in [3.63, 3.8) is 0 Å². The zero-order valence-corrected chi connectivity index (χ0v) is 15.4. The van der Waals surface area contributed by atoms with Crippen molar-refractivity contribution in [2.75, 3.05) is 26.1 Å². The molecule has 0 radical (unpaired) electrons. The Labute approximate surface area is 152 Å². The van der Waals surface area contributed by atoms with E-state index in [0.29, 0.717) is 23.7 Å². The third kappa shape index (κ3) is 3.90. The van der Waals surface area contributed by atoms with Crippen molar-refractivity contribution in [3.05, 3.63) is 40.6 Å². The summed E-state index contributed by atoms with van der Waals surface area (Å²) in [5.41, 5.74) is 2.04. The first-order valence-electron chi connectivity index (χ1n) is 8.46. The number of amides is 2. The summed E-state index contributed by atoms with van der Waals surface area (Å²) in [5, 5.41) is 10.2. The van der Waals surface area contributed by atoms with Gasteiger partial charge in [0.25, 0.3) is 0 Å². The van der Waals surface area contributed by atoms with E-state index in [4.69, 9.17) is 9.47 Å². The minimum atomic E-state index is -0.218. The Bertz CT molecular complexity index is 709. The molecule has 0 saturated heterocycles. The van der Waals surface area contributed by atoms with E-state index in [1.165, 1.54) is 18.4 Å². The summed E-state index contributed by atoms with van der Waals surface area (Å²) in [5.74, 6) is 1.26. The van der Waals surface area contributed by atoms with E-state index < -0.39 is 0 Å². The van der Waals surface area contributed by atoms with Crippen LogP contribution in [0.2, 0.25) is 0 Å². The lowest BCUT2D eigenvalue weighted by atomic mass is 9.80. The van der Waals surface area contributed by atoms with Gasteiger partial charge in [0.05, 0.1) is 19.9 Å². The standard InChI is InChI=1S/C19H24N2O3S/c1-23-15-5-6-16(17(11-15)24-2)21-18(22)20-13-19(8-3-4-9-19)14-7-10-25-12-14/h5-7,10-12H,3-4,8-9,13H2,1-2H3,(H2,20,21,22). The van der Waals surface area contributed by atoms with Crippen molar-refractivity contribution in [3.8, 4) is 11.5 Å². The molecule has 1 heterocycles. The smallest absolute Gasteiger partial charge is 0.319 e. The topological polar surface area (TPSA) is 59.6 Å². The number of thiophene rings is 1. The fourth-order valence-electron chi connectivity index (χ4n) is 3.50. The van der Waals surface area contributed by atoms with E-state index in [9.17, 15) is 4.79 Å². The van der Waals surface area contributed by atoms with Gasteiger partial charge >= 0.3 is 6.03 Å². The van der Waals surface area contributed by atoms with Gasteiger partial charge in [0, 0.05) is 18.0 Å². The summed E-state index contributed by atoms with van der Waals surface area (Å²) in [4.78, 5) is 12.4. The van der Waals surface area contributed by atoms with Gasteiger partial charge in [-0.15, -0.1) is 0 Å². The van der Waals surface area contributed by atoms with Crippen LogP contribution < -0.4 is 20.1 Å². The third-order valence-corrected chi connectivity index (χ3v) is 5.62. The van der Waals surface area contributed by atoms with Crippen LogP contribution in [0.3, 0.4) is 0 Å². The van der Waals surface area contributed by atoms with Crippen LogP contribution in [0.15, 0.2) is 35.0 Å². The average Bonchev–Trinajstić information content (AvgIpc) is 3.32. The lowest BCUT2D eigenvalue weighted by Crippen LogP contribution is -2.40. The fourth-order valence-corrected chi connectivity index (χ4v) is 4.28. The number of rotatable bonds is 6. The Morgan fingerprint density at radius 1 is 1.20 bits per heavy atom. The molecule has 0 atom stereocenters. The zero-order valence-electron chi connectivity index (χ0n) is 14.6. The summed E-state index contributed by atoms with van der Waals surface area (Å²) < 4.78 is 10.5. The molecule has 6 heteroatoms. The molecule has 25 heavy (non-hydrogen) atoms. The molecule has 2 N–H and O–H groups in total. The van der Waals surface area contributed by atoms with Crippen molar-refractivity contribution in [1.29, 1.82) is 0 Å². The predicted molar refractivity (Wildman–Crippen MR) is 101 cm³/mol. The molecule has 134 valence electrons. The number of carbonyl (C=O) groups is 1. The molecule has 1 aromatic carbocycles. The van der Waals surface area contributed by atoms with Crippen molar-refractivity contribution in [2.24, 2.45) is 0 Å². The van der Waals surface area contributed by atoms with E-state index in [0.717, 1.165) is 12.8 Å². The molecule has 1 aromatic heterocycles. The molecule has 0 unspecified atom stereocenters. The highest BCUT2D eigenvalue weighted by atomic mass is 32.1. The quantitative estimate of drug-likeness (QED) is 0.803. The number of hydrogen-bond donors (Lipinski definition) is 2. The van der Waals surface area contributed by atoms with Crippen molar-refractivity contribution >= 4 is 23.1 Å². The highest BCUT2D eigenvalue weighted by Gasteiger charge is 2.36. The van der Waals surface area contributed by atoms with Crippen molar-refractivity contribution in [1.82, 2.24) is 5.32 Å². The van der Waals surface area contributed by atoms with Gasteiger partial charge in [0.2, 0.25) is 0 Å². The molecular formula is C19H24N2O3S. The fraction of sp³-hybridized carbons (Fsp3) is 0.421. The van der Waals surface area contributed by atoms with Crippen LogP contribution in [0.25, 0.3) is 0 Å². The van der Waals surface area contributed by atoms with Gasteiger partial charge in [0.1, 0.15) is 11.5 Å². The Balaban J connectivity index is 1.65. The van der Waals surface area contributed by atoms with Gasteiger partial charge in [-0.25, -0.2) is 4.79 Å². The van der Waals surface area contributed by atoms with Gasteiger partial charge in [-0.3, -0.25) is 0 Å². The molecular weight excluding hydrogens is 336 g/mol. The minimum Gasteiger partial charge on any atom is -0.497 e. The predicted octanol–water partition coefficient (Wildman–Crippen LogP) is 4.40. The van der Waals surface area contributed by atoms with Crippen molar-refractivity contribution in [2.45, 2.75) is 31.1 Å². The SMILES string of the molecule is COc1ccc(NC(=O)NCC2(c3ccsc3)CCCC2)c(OC)c1. The number of urea groups is 1. The Hall–Kier alpha value is -2.21. The van der Waals surface area contributed by atoms with E-state index >= 15 is 0 Å². The number of carbonyl (C=O) groups excluding carboxylic acids is 1. The highest BCUT2D eigenvalue weighted by molar-refractivity contribution is 7.08. The number of anilines is 1. The number of methoxy groups -OCH3 is 2. The number of benzene rings is 1. The summed E-state index contributed by atoms with van der Waals surface area (Å²) in [6.07, 6.45) is 4.67. The van der Waals surface area contributed by atoms with Crippen LogP contribution in [-0.4, -0.2) is 26.8 Å². The number of ether oxygens (including phenoxy) is 2. The van der Waals surface area contributed by atoms with Crippen LogP contribution in [0, 0.1) is 0 Å². The first-order valence-corrected chi connectivity index (χ1v) is 9.41. The number of hydrogen-bond acceptors (Lipinski definition) is 4. The lowest BCUT2D eigenvalue weighted by molar-refractivity contribution is 0.248. The van der Waals surface area contributed by atoms with Gasteiger partial charge in [-0.2, -0.15) is 11.3 Å². The lowest BCUT2D eigenvalue weighted by Gasteiger charge is -2.28. The van der Waals surface area contributed by atoms with Crippen LogP contribution in [0.1, 0.15) is 31.2 Å².